The minimum Gasteiger partial charge on any atom is -0.384 e. The van der Waals surface area contributed by atoms with Gasteiger partial charge in [0.05, 0.1) is 22.2 Å². The van der Waals surface area contributed by atoms with E-state index in [2.05, 4.69) is 5.32 Å². The standard InChI is InChI=1S/C16H15Cl2NO2S/c1-21-8-9-22-15-5-3-2-4-12(15)16(20)19-11-6-7-13(17)14(18)10-11/h2-7,10H,8-9H2,1H3,(H,19,20). The van der Waals surface area contributed by atoms with Crippen molar-refractivity contribution in [2.75, 3.05) is 24.8 Å². The SMILES string of the molecule is COCCSc1ccccc1C(=O)Nc1ccc(Cl)c(Cl)c1. The molecule has 3 nitrogen and oxygen atoms in total. The summed E-state index contributed by atoms with van der Waals surface area (Å²) in [5, 5.41) is 3.69. The van der Waals surface area contributed by atoms with Crippen molar-refractivity contribution in [3.05, 3.63) is 58.1 Å². The summed E-state index contributed by atoms with van der Waals surface area (Å²) in [6.45, 7) is 0.632. The summed E-state index contributed by atoms with van der Waals surface area (Å²) in [4.78, 5) is 13.3. The van der Waals surface area contributed by atoms with Gasteiger partial charge in [0.2, 0.25) is 0 Å². The Bertz CT molecular complexity index is 664. The third-order valence-corrected chi connectivity index (χ3v) is 4.63. The Morgan fingerprint density at radius 3 is 2.68 bits per heavy atom. The lowest BCUT2D eigenvalue weighted by atomic mass is 10.2. The van der Waals surface area contributed by atoms with E-state index in [4.69, 9.17) is 27.9 Å². The number of amides is 1. The monoisotopic (exact) mass is 355 g/mol. The van der Waals surface area contributed by atoms with Crippen molar-refractivity contribution >= 4 is 46.6 Å². The molecular weight excluding hydrogens is 341 g/mol. The predicted molar refractivity (Wildman–Crippen MR) is 93.5 cm³/mol. The van der Waals surface area contributed by atoms with Gasteiger partial charge in [-0.05, 0) is 30.3 Å². The highest BCUT2D eigenvalue weighted by Gasteiger charge is 2.12. The summed E-state index contributed by atoms with van der Waals surface area (Å²) in [7, 11) is 1.66. The quantitative estimate of drug-likeness (QED) is 0.586. The fourth-order valence-electron chi connectivity index (χ4n) is 1.79. The molecule has 0 spiro atoms. The minimum absolute atomic E-state index is 0.182. The summed E-state index contributed by atoms with van der Waals surface area (Å²) in [6, 6.07) is 12.5. The van der Waals surface area contributed by atoms with E-state index in [1.807, 2.05) is 18.2 Å². The number of carbonyl (C=O) groups is 1. The Morgan fingerprint density at radius 1 is 1.18 bits per heavy atom. The molecule has 0 unspecified atom stereocenters. The van der Waals surface area contributed by atoms with Crippen LogP contribution >= 0.6 is 35.0 Å². The molecular formula is C16H15Cl2NO2S. The highest BCUT2D eigenvalue weighted by atomic mass is 35.5. The lowest BCUT2D eigenvalue weighted by Crippen LogP contribution is -2.13. The number of halogens is 2. The van der Waals surface area contributed by atoms with Crippen LogP contribution in [0.4, 0.5) is 5.69 Å². The number of nitrogens with one attached hydrogen (secondary N) is 1. The maximum atomic E-state index is 12.4. The summed E-state index contributed by atoms with van der Waals surface area (Å²) >= 11 is 13.4. The first kappa shape index (κ1) is 17.2. The van der Waals surface area contributed by atoms with Crippen molar-refractivity contribution in [2.45, 2.75) is 4.90 Å². The molecule has 0 aliphatic rings. The van der Waals surface area contributed by atoms with E-state index in [-0.39, 0.29) is 5.91 Å². The molecule has 0 aliphatic heterocycles. The molecule has 2 aromatic rings. The van der Waals surface area contributed by atoms with Crippen molar-refractivity contribution in [1.29, 1.82) is 0 Å². The van der Waals surface area contributed by atoms with Gasteiger partial charge in [-0.15, -0.1) is 11.8 Å². The van der Waals surface area contributed by atoms with Crippen LogP contribution < -0.4 is 5.32 Å². The molecule has 0 radical (unpaired) electrons. The van der Waals surface area contributed by atoms with Gasteiger partial charge in [0, 0.05) is 23.4 Å². The van der Waals surface area contributed by atoms with Gasteiger partial charge in [0.1, 0.15) is 0 Å². The highest BCUT2D eigenvalue weighted by Crippen LogP contribution is 2.27. The second-order valence-corrected chi connectivity index (χ2v) is 6.37. The van der Waals surface area contributed by atoms with Crippen molar-refractivity contribution in [2.24, 2.45) is 0 Å². The molecule has 0 atom stereocenters. The summed E-state index contributed by atoms with van der Waals surface area (Å²) < 4.78 is 5.04. The Kier molecular flexibility index (Phi) is 6.58. The van der Waals surface area contributed by atoms with E-state index in [1.165, 1.54) is 0 Å². The number of rotatable bonds is 6. The molecule has 0 aliphatic carbocycles. The van der Waals surface area contributed by atoms with Crippen LogP contribution in [0.25, 0.3) is 0 Å². The second kappa shape index (κ2) is 8.44. The van der Waals surface area contributed by atoms with Crippen LogP contribution in [0, 0.1) is 0 Å². The Morgan fingerprint density at radius 2 is 1.95 bits per heavy atom. The molecule has 2 rings (SSSR count). The van der Waals surface area contributed by atoms with Crippen LogP contribution in [0.2, 0.25) is 10.0 Å². The third kappa shape index (κ3) is 4.65. The zero-order valence-corrected chi connectivity index (χ0v) is 14.3. The van der Waals surface area contributed by atoms with E-state index < -0.39 is 0 Å². The molecule has 6 heteroatoms. The Labute approximate surface area is 144 Å². The molecule has 1 amide bonds. The van der Waals surface area contributed by atoms with Crippen molar-refractivity contribution in [3.63, 3.8) is 0 Å². The van der Waals surface area contributed by atoms with Crippen LogP contribution in [0.1, 0.15) is 10.4 Å². The lowest BCUT2D eigenvalue weighted by molar-refractivity contribution is 0.102. The number of benzene rings is 2. The number of hydrogen-bond donors (Lipinski definition) is 1. The number of anilines is 1. The normalized spacial score (nSPS) is 10.5. The highest BCUT2D eigenvalue weighted by molar-refractivity contribution is 7.99. The first-order valence-electron chi connectivity index (χ1n) is 6.59. The van der Waals surface area contributed by atoms with Gasteiger partial charge in [-0.3, -0.25) is 4.79 Å². The molecule has 0 fully saturated rings. The van der Waals surface area contributed by atoms with Crippen LogP contribution in [0.15, 0.2) is 47.4 Å². The average molecular weight is 356 g/mol. The van der Waals surface area contributed by atoms with Gasteiger partial charge in [0.25, 0.3) is 5.91 Å². The molecule has 0 saturated carbocycles. The number of ether oxygens (including phenoxy) is 1. The van der Waals surface area contributed by atoms with Gasteiger partial charge in [-0.25, -0.2) is 0 Å². The number of hydrogen-bond acceptors (Lipinski definition) is 3. The van der Waals surface area contributed by atoms with E-state index in [0.29, 0.717) is 27.9 Å². The van der Waals surface area contributed by atoms with E-state index in [1.54, 1.807) is 43.1 Å². The maximum Gasteiger partial charge on any atom is 0.256 e. The number of thioether (sulfide) groups is 1. The van der Waals surface area contributed by atoms with Crippen LogP contribution in [0.5, 0.6) is 0 Å². The molecule has 1 N–H and O–H groups in total. The topological polar surface area (TPSA) is 38.3 Å². The van der Waals surface area contributed by atoms with E-state index >= 15 is 0 Å². The largest absolute Gasteiger partial charge is 0.384 e. The van der Waals surface area contributed by atoms with E-state index in [0.717, 1.165) is 10.6 Å². The smallest absolute Gasteiger partial charge is 0.256 e. The molecule has 116 valence electrons. The molecule has 0 aromatic heterocycles. The third-order valence-electron chi connectivity index (χ3n) is 2.85. The van der Waals surface area contributed by atoms with E-state index in [9.17, 15) is 4.79 Å². The average Bonchev–Trinajstić information content (AvgIpc) is 2.51. The van der Waals surface area contributed by atoms with Crippen LogP contribution in [0.3, 0.4) is 0 Å². The second-order valence-electron chi connectivity index (χ2n) is 4.42. The van der Waals surface area contributed by atoms with Crippen molar-refractivity contribution in [1.82, 2.24) is 0 Å². The van der Waals surface area contributed by atoms with Gasteiger partial charge >= 0.3 is 0 Å². The number of methoxy groups -OCH3 is 1. The predicted octanol–water partition coefficient (Wildman–Crippen LogP) is 4.98. The Hall–Kier alpha value is -1.20. The first-order chi connectivity index (χ1) is 10.6. The van der Waals surface area contributed by atoms with Crippen LogP contribution in [-0.4, -0.2) is 25.4 Å². The van der Waals surface area contributed by atoms with Crippen LogP contribution in [-0.2, 0) is 4.74 Å². The fraction of sp³-hybridized carbons (Fsp3) is 0.188. The number of carbonyl (C=O) groups excluding carboxylic acids is 1. The Balaban J connectivity index is 2.13. The zero-order valence-electron chi connectivity index (χ0n) is 11.9. The first-order valence-corrected chi connectivity index (χ1v) is 8.33. The minimum atomic E-state index is -0.182. The molecule has 22 heavy (non-hydrogen) atoms. The van der Waals surface area contributed by atoms with Crippen molar-refractivity contribution < 1.29 is 9.53 Å². The summed E-state index contributed by atoms with van der Waals surface area (Å²) in [5.74, 6) is 0.604. The summed E-state index contributed by atoms with van der Waals surface area (Å²) in [5.41, 5.74) is 1.23. The fourth-order valence-corrected chi connectivity index (χ4v) is 3.05. The van der Waals surface area contributed by atoms with Crippen molar-refractivity contribution in [3.8, 4) is 0 Å². The molecule has 0 heterocycles. The van der Waals surface area contributed by atoms with Gasteiger partial charge in [-0.1, -0.05) is 35.3 Å². The lowest BCUT2D eigenvalue weighted by Gasteiger charge is -2.10. The molecule has 2 aromatic carbocycles. The molecule has 0 saturated heterocycles. The van der Waals surface area contributed by atoms with Gasteiger partial charge in [0.15, 0.2) is 0 Å². The van der Waals surface area contributed by atoms with Gasteiger partial charge in [-0.2, -0.15) is 0 Å². The molecule has 0 bridgehead atoms. The summed E-state index contributed by atoms with van der Waals surface area (Å²) in [6.07, 6.45) is 0. The maximum absolute atomic E-state index is 12.4. The van der Waals surface area contributed by atoms with Gasteiger partial charge < -0.3 is 10.1 Å². The zero-order chi connectivity index (χ0) is 15.9.